The predicted molar refractivity (Wildman–Crippen MR) is 137 cm³/mol. The number of nitrogens with two attached hydrogens (primary N) is 1. The maximum absolute atomic E-state index is 12.7. The average Bonchev–Trinajstić information content (AvgIpc) is 3.23. The van der Waals surface area contributed by atoms with Crippen LogP contribution in [-0.4, -0.2) is 68.5 Å². The predicted octanol–water partition coefficient (Wildman–Crippen LogP) is 2.36. The highest BCUT2D eigenvalue weighted by Gasteiger charge is 2.31. The van der Waals surface area contributed by atoms with E-state index in [1.165, 1.54) is 5.56 Å². The van der Waals surface area contributed by atoms with Crippen molar-refractivity contribution in [3.8, 4) is 0 Å². The summed E-state index contributed by atoms with van der Waals surface area (Å²) in [5, 5.41) is 10.5. The molecule has 2 aromatic rings. The van der Waals surface area contributed by atoms with Crippen molar-refractivity contribution in [1.82, 2.24) is 10.2 Å². The zero-order chi connectivity index (χ0) is 25.0. The van der Waals surface area contributed by atoms with E-state index in [1.807, 2.05) is 17.0 Å². The lowest BCUT2D eigenvalue weighted by Gasteiger charge is -2.35. The first-order valence-electron chi connectivity index (χ1n) is 12.2. The van der Waals surface area contributed by atoms with Gasteiger partial charge >= 0.3 is 0 Å². The van der Waals surface area contributed by atoms with Gasteiger partial charge in [0, 0.05) is 67.3 Å². The maximum Gasteiger partial charge on any atom is 0.251 e. The molecule has 2 fully saturated rings. The number of nitrogens with one attached hydrogen (secondary N) is 2. The van der Waals surface area contributed by atoms with Gasteiger partial charge in [0.05, 0.1) is 13.2 Å². The van der Waals surface area contributed by atoms with Gasteiger partial charge in [0.1, 0.15) is 5.84 Å². The smallest absolute Gasteiger partial charge is 0.251 e. The number of ether oxygens (including phenoxy) is 1. The Balaban J connectivity index is 1.33. The number of amides is 2. The van der Waals surface area contributed by atoms with Gasteiger partial charge in [-0.2, -0.15) is 0 Å². The van der Waals surface area contributed by atoms with Gasteiger partial charge in [-0.05, 0) is 29.8 Å². The molecule has 8 nitrogen and oxygen atoms in total. The van der Waals surface area contributed by atoms with E-state index in [9.17, 15) is 9.59 Å². The van der Waals surface area contributed by atoms with E-state index in [-0.39, 0.29) is 29.0 Å². The number of carbonyl (C=O) groups is 2. The van der Waals surface area contributed by atoms with Crippen molar-refractivity contribution in [2.45, 2.75) is 25.7 Å². The first kappa shape index (κ1) is 24.9. The molecule has 0 saturated carbocycles. The lowest BCUT2D eigenvalue weighted by molar-refractivity contribution is -0.117. The van der Waals surface area contributed by atoms with E-state index in [1.54, 1.807) is 24.3 Å². The summed E-state index contributed by atoms with van der Waals surface area (Å²) in [4.78, 5) is 29.5. The van der Waals surface area contributed by atoms with Gasteiger partial charge in [-0.1, -0.05) is 38.1 Å². The van der Waals surface area contributed by atoms with Gasteiger partial charge in [0.15, 0.2) is 0 Å². The third kappa shape index (κ3) is 6.07. The van der Waals surface area contributed by atoms with Crippen molar-refractivity contribution >= 4 is 23.3 Å². The third-order valence-corrected chi connectivity index (χ3v) is 6.88. The number of nitrogen functional groups attached to an aromatic ring is 1. The van der Waals surface area contributed by atoms with Crippen LogP contribution in [0.15, 0.2) is 48.5 Å². The molecule has 2 saturated heterocycles. The van der Waals surface area contributed by atoms with E-state index in [0.29, 0.717) is 30.6 Å². The largest absolute Gasteiger partial charge is 0.384 e. The van der Waals surface area contributed by atoms with Crippen molar-refractivity contribution < 1.29 is 14.3 Å². The lowest BCUT2D eigenvalue weighted by atomic mass is 9.84. The molecule has 2 aliphatic rings. The molecule has 2 heterocycles. The molecule has 8 heteroatoms. The van der Waals surface area contributed by atoms with Crippen molar-refractivity contribution in [3.63, 3.8) is 0 Å². The van der Waals surface area contributed by atoms with E-state index < -0.39 is 0 Å². The van der Waals surface area contributed by atoms with Crippen LogP contribution >= 0.6 is 0 Å². The molecule has 0 radical (unpaired) electrons. The molecule has 0 spiro atoms. The van der Waals surface area contributed by atoms with E-state index >= 15 is 0 Å². The summed E-state index contributed by atoms with van der Waals surface area (Å²) in [6.07, 6.45) is 0.401. The first-order chi connectivity index (χ1) is 16.7. The number of rotatable bonds is 8. The number of morpholine rings is 1. The highest BCUT2D eigenvalue weighted by Crippen LogP contribution is 2.30. The summed E-state index contributed by atoms with van der Waals surface area (Å²) >= 11 is 0. The summed E-state index contributed by atoms with van der Waals surface area (Å²) < 4.78 is 5.46. The Morgan fingerprint density at radius 3 is 2.51 bits per heavy atom. The molecule has 186 valence electrons. The zero-order valence-corrected chi connectivity index (χ0v) is 20.5. The van der Waals surface area contributed by atoms with Gasteiger partial charge in [0.25, 0.3) is 5.91 Å². The summed E-state index contributed by atoms with van der Waals surface area (Å²) in [5.74, 6) is -0.193. The lowest BCUT2D eigenvalue weighted by Crippen LogP contribution is -2.43. The van der Waals surface area contributed by atoms with Crippen LogP contribution in [0, 0.1) is 11.3 Å². The Labute approximate surface area is 206 Å². The molecule has 35 heavy (non-hydrogen) atoms. The minimum Gasteiger partial charge on any atom is -0.384 e. The Bertz CT molecular complexity index is 1080. The molecular formula is C27H35N5O3. The number of carbonyl (C=O) groups excluding carboxylic acids is 2. The first-order valence-corrected chi connectivity index (χ1v) is 12.2. The molecule has 2 amide bonds. The topological polar surface area (TPSA) is 112 Å². The summed E-state index contributed by atoms with van der Waals surface area (Å²) in [6, 6.07) is 15.0. The van der Waals surface area contributed by atoms with Gasteiger partial charge in [-0.25, -0.2) is 0 Å². The fourth-order valence-corrected chi connectivity index (χ4v) is 4.84. The number of hydrogen-bond acceptors (Lipinski definition) is 5. The zero-order valence-electron chi connectivity index (χ0n) is 20.5. The van der Waals surface area contributed by atoms with Crippen LogP contribution in [0.3, 0.4) is 0 Å². The number of anilines is 1. The van der Waals surface area contributed by atoms with Crippen LogP contribution in [0.25, 0.3) is 0 Å². The summed E-state index contributed by atoms with van der Waals surface area (Å²) in [7, 11) is 0. The van der Waals surface area contributed by atoms with Gasteiger partial charge in [-0.3, -0.25) is 19.9 Å². The fraction of sp³-hybridized carbons (Fsp3) is 0.444. The molecule has 2 aliphatic heterocycles. The minimum absolute atomic E-state index is 0.00258. The molecule has 4 N–H and O–H groups in total. The SMILES string of the molecule is CC(C)(CN1CCOCC1)c1ccc(N2CC(CNC(=O)c3cccc(C(=N)N)c3)CC2=O)cc1. The number of amidine groups is 1. The van der Waals surface area contributed by atoms with Crippen molar-refractivity contribution in [1.29, 1.82) is 5.41 Å². The maximum atomic E-state index is 12.7. The highest BCUT2D eigenvalue weighted by molar-refractivity contribution is 6.00. The Hall–Kier alpha value is -3.23. The van der Waals surface area contributed by atoms with E-state index in [2.05, 4.69) is 36.2 Å². The normalized spacial score (nSPS) is 19.1. The van der Waals surface area contributed by atoms with Crippen LogP contribution in [0.4, 0.5) is 5.69 Å². The standard InChI is InChI=1S/C27H35N5O3/c1-27(2,18-31-10-12-35-13-11-31)22-6-8-23(9-7-22)32-17-19(14-24(32)33)16-30-26(34)21-5-3-4-20(15-21)25(28)29/h3-9,15,19H,10-14,16-18H2,1-2H3,(H3,28,29)(H,30,34). The highest BCUT2D eigenvalue weighted by atomic mass is 16.5. The van der Waals surface area contributed by atoms with Gasteiger partial charge in [0.2, 0.25) is 5.91 Å². The number of hydrogen-bond donors (Lipinski definition) is 3. The molecular weight excluding hydrogens is 442 g/mol. The molecule has 1 atom stereocenters. The van der Waals surface area contributed by atoms with Crippen molar-refractivity contribution in [3.05, 3.63) is 65.2 Å². The molecule has 0 aliphatic carbocycles. The monoisotopic (exact) mass is 477 g/mol. The van der Waals surface area contributed by atoms with Crippen LogP contribution in [0.2, 0.25) is 0 Å². The van der Waals surface area contributed by atoms with Crippen LogP contribution in [0.1, 0.15) is 41.8 Å². The van der Waals surface area contributed by atoms with E-state index in [4.69, 9.17) is 15.9 Å². The Morgan fingerprint density at radius 1 is 1.14 bits per heavy atom. The molecule has 2 aromatic carbocycles. The average molecular weight is 478 g/mol. The van der Waals surface area contributed by atoms with E-state index in [0.717, 1.165) is 38.5 Å². The van der Waals surface area contributed by atoms with Crippen LogP contribution < -0.4 is 16.0 Å². The Morgan fingerprint density at radius 2 is 1.83 bits per heavy atom. The van der Waals surface area contributed by atoms with Crippen molar-refractivity contribution in [2.24, 2.45) is 11.7 Å². The van der Waals surface area contributed by atoms with Gasteiger partial charge < -0.3 is 20.7 Å². The second-order valence-electron chi connectivity index (χ2n) is 10.1. The summed E-state index contributed by atoms with van der Waals surface area (Å²) in [5.41, 5.74) is 8.62. The molecule has 1 unspecified atom stereocenters. The molecule has 0 aromatic heterocycles. The number of benzene rings is 2. The Kier molecular flexibility index (Phi) is 7.52. The second-order valence-corrected chi connectivity index (χ2v) is 10.1. The fourth-order valence-electron chi connectivity index (χ4n) is 4.84. The van der Waals surface area contributed by atoms with Crippen LogP contribution in [-0.2, 0) is 14.9 Å². The minimum atomic E-state index is -0.231. The second kappa shape index (κ2) is 10.6. The summed E-state index contributed by atoms with van der Waals surface area (Å²) in [6.45, 7) is 9.96. The quantitative estimate of drug-likeness (QED) is 0.399. The molecule has 0 bridgehead atoms. The van der Waals surface area contributed by atoms with Gasteiger partial charge in [-0.15, -0.1) is 0 Å². The number of nitrogens with zero attached hydrogens (tertiary/aromatic N) is 2. The third-order valence-electron chi connectivity index (χ3n) is 6.88. The van der Waals surface area contributed by atoms with Crippen molar-refractivity contribution in [2.75, 3.05) is 50.8 Å². The van der Waals surface area contributed by atoms with Crippen LogP contribution in [0.5, 0.6) is 0 Å². The molecule has 4 rings (SSSR count).